The summed E-state index contributed by atoms with van der Waals surface area (Å²) in [6.07, 6.45) is 0.0676. The largest absolute Gasteiger partial charge is 0.454 e. The fourth-order valence-corrected chi connectivity index (χ4v) is 5.41. The zero-order valence-corrected chi connectivity index (χ0v) is 15.3. The van der Waals surface area contributed by atoms with E-state index in [2.05, 4.69) is 31.0 Å². The van der Waals surface area contributed by atoms with Gasteiger partial charge in [0.2, 0.25) is 13.6 Å². The van der Waals surface area contributed by atoms with Crippen LogP contribution in [0.3, 0.4) is 0 Å². The van der Waals surface area contributed by atoms with E-state index < -0.39 is 11.5 Å². The molecule has 0 bridgehead atoms. The van der Waals surface area contributed by atoms with Gasteiger partial charge >= 0.3 is 0 Å². The van der Waals surface area contributed by atoms with Crippen molar-refractivity contribution in [1.29, 1.82) is 0 Å². The first-order chi connectivity index (χ1) is 13.1. The number of likely N-dealkylation sites (N-methyl/N-ethyl adjacent to an activating group) is 1. The van der Waals surface area contributed by atoms with Gasteiger partial charge in [0.15, 0.2) is 23.0 Å². The standard InChI is InChI=1S/C21H21NO5/c1-21-14-3-4-15-19(27-10-24-15)13(14)8-22(2)20(21)12-7-17-16(25-9-26-17)5-11(12)6-18(21)23/h3-5,7,18,20,23H,6,8-10H2,1-2H3/t18-,20-,21+/m1/s1. The molecule has 0 amide bonds. The van der Waals surface area contributed by atoms with E-state index >= 15 is 0 Å². The highest BCUT2D eigenvalue weighted by molar-refractivity contribution is 5.59. The topological polar surface area (TPSA) is 60.4 Å². The van der Waals surface area contributed by atoms with E-state index in [1.807, 2.05) is 12.1 Å². The lowest BCUT2D eigenvalue weighted by molar-refractivity contribution is -0.000315. The number of hydrogen-bond donors (Lipinski definition) is 1. The zero-order chi connectivity index (χ0) is 18.3. The van der Waals surface area contributed by atoms with E-state index in [0.717, 1.165) is 46.2 Å². The van der Waals surface area contributed by atoms with Crippen molar-refractivity contribution in [3.8, 4) is 23.0 Å². The van der Waals surface area contributed by atoms with Crippen LogP contribution < -0.4 is 18.9 Å². The van der Waals surface area contributed by atoms with Crippen molar-refractivity contribution in [2.45, 2.75) is 37.5 Å². The monoisotopic (exact) mass is 367 g/mol. The Labute approximate surface area is 157 Å². The molecule has 3 atom stereocenters. The van der Waals surface area contributed by atoms with E-state index in [1.165, 1.54) is 5.56 Å². The van der Waals surface area contributed by atoms with Crippen molar-refractivity contribution in [2.24, 2.45) is 0 Å². The lowest BCUT2D eigenvalue weighted by Crippen LogP contribution is -2.55. The number of aliphatic hydroxyl groups is 1. The molecule has 0 fully saturated rings. The maximum atomic E-state index is 11.3. The van der Waals surface area contributed by atoms with Crippen LogP contribution in [0.2, 0.25) is 0 Å². The van der Waals surface area contributed by atoms with Crippen LogP contribution in [-0.4, -0.2) is 36.7 Å². The molecule has 6 heteroatoms. The molecule has 27 heavy (non-hydrogen) atoms. The number of ether oxygens (including phenoxy) is 4. The molecule has 4 aliphatic rings. The normalized spacial score (nSPS) is 29.9. The van der Waals surface area contributed by atoms with Gasteiger partial charge in [-0.15, -0.1) is 0 Å². The van der Waals surface area contributed by atoms with E-state index in [0.29, 0.717) is 6.42 Å². The van der Waals surface area contributed by atoms with Crippen molar-refractivity contribution in [3.63, 3.8) is 0 Å². The Kier molecular flexibility index (Phi) is 2.94. The number of hydrogen-bond acceptors (Lipinski definition) is 6. The van der Waals surface area contributed by atoms with Crippen LogP contribution in [0.25, 0.3) is 0 Å². The van der Waals surface area contributed by atoms with Gasteiger partial charge in [-0.25, -0.2) is 0 Å². The van der Waals surface area contributed by atoms with Crippen LogP contribution in [0.5, 0.6) is 23.0 Å². The summed E-state index contributed by atoms with van der Waals surface area (Å²) < 4.78 is 22.5. The van der Waals surface area contributed by atoms with Gasteiger partial charge in [0.25, 0.3) is 0 Å². The highest BCUT2D eigenvalue weighted by Crippen LogP contribution is 2.57. The van der Waals surface area contributed by atoms with Crippen LogP contribution in [-0.2, 0) is 18.4 Å². The first-order valence-electron chi connectivity index (χ1n) is 9.30. The Morgan fingerprint density at radius 3 is 2.63 bits per heavy atom. The minimum atomic E-state index is -0.516. The lowest BCUT2D eigenvalue weighted by atomic mass is 9.60. The molecule has 0 spiro atoms. The molecule has 0 saturated heterocycles. The Morgan fingerprint density at radius 2 is 1.78 bits per heavy atom. The third-order valence-corrected chi connectivity index (χ3v) is 6.67. The van der Waals surface area contributed by atoms with Crippen LogP contribution in [0.4, 0.5) is 0 Å². The van der Waals surface area contributed by atoms with Crippen LogP contribution in [0, 0.1) is 0 Å². The van der Waals surface area contributed by atoms with Crippen LogP contribution in [0.15, 0.2) is 24.3 Å². The molecule has 6 rings (SSSR count). The first kappa shape index (κ1) is 15.6. The first-order valence-corrected chi connectivity index (χ1v) is 9.30. The molecule has 0 aromatic heterocycles. The van der Waals surface area contributed by atoms with Crippen molar-refractivity contribution >= 4 is 0 Å². The molecule has 3 aliphatic heterocycles. The van der Waals surface area contributed by atoms with Gasteiger partial charge in [0.05, 0.1) is 6.10 Å². The van der Waals surface area contributed by atoms with E-state index in [-0.39, 0.29) is 19.6 Å². The molecule has 2 aromatic carbocycles. The van der Waals surface area contributed by atoms with Gasteiger partial charge in [-0.1, -0.05) is 13.0 Å². The third-order valence-electron chi connectivity index (χ3n) is 6.67. The van der Waals surface area contributed by atoms with Crippen molar-refractivity contribution in [3.05, 3.63) is 46.5 Å². The fourth-order valence-electron chi connectivity index (χ4n) is 5.41. The van der Waals surface area contributed by atoms with Gasteiger partial charge in [0, 0.05) is 23.6 Å². The smallest absolute Gasteiger partial charge is 0.231 e. The van der Waals surface area contributed by atoms with Crippen molar-refractivity contribution in [2.75, 3.05) is 20.6 Å². The number of fused-ring (bicyclic) bond motifs is 8. The Morgan fingerprint density at radius 1 is 1.04 bits per heavy atom. The van der Waals surface area contributed by atoms with E-state index in [1.54, 1.807) is 0 Å². The van der Waals surface area contributed by atoms with Crippen LogP contribution in [0.1, 0.15) is 35.2 Å². The summed E-state index contributed by atoms with van der Waals surface area (Å²) in [6, 6.07) is 8.24. The van der Waals surface area contributed by atoms with Gasteiger partial charge in [-0.05, 0) is 48.4 Å². The molecule has 0 radical (unpaired) electrons. The molecule has 0 saturated carbocycles. The predicted molar refractivity (Wildman–Crippen MR) is 96.4 cm³/mol. The Hall–Kier alpha value is -2.44. The molecule has 140 valence electrons. The summed E-state index contributed by atoms with van der Waals surface area (Å²) in [4.78, 5) is 2.30. The molecule has 3 heterocycles. The molecule has 1 aliphatic carbocycles. The second kappa shape index (κ2) is 5.09. The summed E-state index contributed by atoms with van der Waals surface area (Å²) in [5.74, 6) is 3.17. The van der Waals surface area contributed by atoms with E-state index in [4.69, 9.17) is 18.9 Å². The summed E-state index contributed by atoms with van der Waals surface area (Å²) in [7, 11) is 2.10. The number of rotatable bonds is 0. The van der Waals surface area contributed by atoms with Crippen molar-refractivity contribution in [1.82, 2.24) is 4.90 Å². The molecular weight excluding hydrogens is 346 g/mol. The summed E-state index contributed by atoms with van der Waals surface area (Å²) in [5, 5.41) is 11.3. The minimum absolute atomic E-state index is 0.0404. The average Bonchev–Trinajstić information content (AvgIpc) is 3.29. The van der Waals surface area contributed by atoms with Gasteiger partial charge < -0.3 is 24.1 Å². The highest BCUT2D eigenvalue weighted by atomic mass is 16.7. The second-order valence-corrected chi connectivity index (χ2v) is 8.05. The zero-order valence-electron chi connectivity index (χ0n) is 15.3. The number of nitrogens with zero attached hydrogens (tertiary/aromatic N) is 1. The predicted octanol–water partition coefficient (Wildman–Crippen LogP) is 2.51. The SMILES string of the molecule is CN1Cc2c(ccc3c2OCO3)[C@@]2(C)[C@H](O)Cc3cc4c(cc3[C@@H]12)OCO4. The molecular formula is C21H21NO5. The Balaban J connectivity index is 1.58. The highest BCUT2D eigenvalue weighted by Gasteiger charge is 2.53. The summed E-state index contributed by atoms with van der Waals surface area (Å²) >= 11 is 0. The third kappa shape index (κ3) is 1.87. The average molecular weight is 367 g/mol. The van der Waals surface area contributed by atoms with Crippen LogP contribution >= 0.6 is 0 Å². The maximum Gasteiger partial charge on any atom is 0.231 e. The number of benzene rings is 2. The maximum absolute atomic E-state index is 11.3. The van der Waals surface area contributed by atoms with Gasteiger partial charge in [0.1, 0.15) is 0 Å². The number of aliphatic hydroxyl groups excluding tert-OH is 1. The second-order valence-electron chi connectivity index (χ2n) is 8.05. The molecule has 0 unspecified atom stereocenters. The quantitative estimate of drug-likeness (QED) is 0.772. The van der Waals surface area contributed by atoms with Gasteiger partial charge in [-0.3, -0.25) is 4.90 Å². The Bertz CT molecular complexity index is 974. The van der Waals surface area contributed by atoms with Gasteiger partial charge in [-0.2, -0.15) is 0 Å². The molecule has 6 nitrogen and oxygen atoms in total. The molecule has 1 N–H and O–H groups in total. The lowest BCUT2D eigenvalue weighted by Gasteiger charge is -2.53. The fraction of sp³-hybridized carbons (Fsp3) is 0.429. The summed E-state index contributed by atoms with van der Waals surface area (Å²) in [5.41, 5.74) is 4.15. The molecule has 2 aromatic rings. The van der Waals surface area contributed by atoms with Crippen molar-refractivity contribution < 1.29 is 24.1 Å². The van der Waals surface area contributed by atoms with E-state index in [9.17, 15) is 5.11 Å². The minimum Gasteiger partial charge on any atom is -0.454 e. The summed E-state index contributed by atoms with van der Waals surface area (Å²) in [6.45, 7) is 3.41.